The predicted octanol–water partition coefficient (Wildman–Crippen LogP) is 2.09. The van der Waals surface area contributed by atoms with Crippen molar-refractivity contribution in [1.29, 1.82) is 0 Å². The van der Waals surface area contributed by atoms with E-state index in [-0.39, 0.29) is 5.91 Å². The summed E-state index contributed by atoms with van der Waals surface area (Å²) in [7, 11) is 0. The third-order valence-corrected chi connectivity index (χ3v) is 2.10. The molecule has 0 aliphatic carbocycles. The highest BCUT2D eigenvalue weighted by Gasteiger charge is 2.14. The third kappa shape index (κ3) is 9.79. The molecule has 0 aliphatic rings. The summed E-state index contributed by atoms with van der Waals surface area (Å²) in [6, 6.07) is 8.93. The number of carbonyl (C=O) groups is 2. The van der Waals surface area contributed by atoms with Gasteiger partial charge in [-0.15, -0.1) is 0 Å². The molecule has 0 fully saturated rings. The monoisotopic (exact) mass is 266 g/mol. The van der Waals surface area contributed by atoms with E-state index in [9.17, 15) is 4.79 Å². The Morgan fingerprint density at radius 2 is 1.74 bits per heavy atom. The zero-order valence-corrected chi connectivity index (χ0v) is 11.6. The summed E-state index contributed by atoms with van der Waals surface area (Å²) in [4.78, 5) is 20.6. The van der Waals surface area contributed by atoms with Gasteiger partial charge in [0.2, 0.25) is 5.91 Å². The Balaban J connectivity index is 0.000000711. The lowest BCUT2D eigenvalue weighted by Gasteiger charge is -2.13. The van der Waals surface area contributed by atoms with Gasteiger partial charge in [-0.05, 0) is 24.5 Å². The molecule has 4 N–H and O–H groups in total. The summed E-state index contributed by atoms with van der Waals surface area (Å²) >= 11 is 0. The Morgan fingerprint density at radius 1 is 1.26 bits per heavy atom. The topological polar surface area (TPSA) is 92.4 Å². The van der Waals surface area contributed by atoms with Crippen LogP contribution < -0.4 is 11.1 Å². The van der Waals surface area contributed by atoms with Gasteiger partial charge in [0.25, 0.3) is 5.97 Å². The first-order valence-corrected chi connectivity index (χ1v) is 6.14. The second kappa shape index (κ2) is 9.10. The van der Waals surface area contributed by atoms with E-state index >= 15 is 0 Å². The van der Waals surface area contributed by atoms with E-state index < -0.39 is 12.0 Å². The maximum atomic E-state index is 11.6. The lowest BCUT2D eigenvalue weighted by Crippen LogP contribution is -2.36. The lowest BCUT2D eigenvalue weighted by molar-refractivity contribution is -0.134. The molecule has 0 saturated carbocycles. The number of hydrogen-bond acceptors (Lipinski definition) is 3. The van der Waals surface area contributed by atoms with Gasteiger partial charge in [-0.25, -0.2) is 0 Å². The van der Waals surface area contributed by atoms with Crippen LogP contribution in [0.3, 0.4) is 0 Å². The molecule has 1 amide bonds. The molecule has 1 rings (SSSR count). The molecule has 1 atom stereocenters. The first-order valence-electron chi connectivity index (χ1n) is 6.14. The van der Waals surface area contributed by atoms with Gasteiger partial charge in [0, 0.05) is 12.6 Å². The quantitative estimate of drug-likeness (QED) is 0.778. The zero-order chi connectivity index (χ0) is 14.8. The van der Waals surface area contributed by atoms with Crippen LogP contribution in [0.15, 0.2) is 30.3 Å². The maximum absolute atomic E-state index is 11.6. The van der Waals surface area contributed by atoms with E-state index in [1.54, 1.807) is 0 Å². The summed E-state index contributed by atoms with van der Waals surface area (Å²) in [5, 5.41) is 10.2. The molecule has 0 bridgehead atoms. The van der Waals surface area contributed by atoms with Crippen molar-refractivity contribution < 1.29 is 14.7 Å². The number of nitrogens with one attached hydrogen (secondary N) is 1. The van der Waals surface area contributed by atoms with Crippen LogP contribution in [0.2, 0.25) is 0 Å². The Morgan fingerprint density at radius 3 is 2.16 bits per heavy atom. The fourth-order valence-corrected chi connectivity index (χ4v) is 1.37. The van der Waals surface area contributed by atoms with Crippen LogP contribution in [-0.2, 0) is 9.59 Å². The molecule has 0 heterocycles. The van der Waals surface area contributed by atoms with Crippen molar-refractivity contribution in [1.82, 2.24) is 0 Å². The van der Waals surface area contributed by atoms with Crippen molar-refractivity contribution in [3.05, 3.63) is 30.3 Å². The van der Waals surface area contributed by atoms with E-state index in [1.165, 1.54) is 0 Å². The van der Waals surface area contributed by atoms with Crippen LogP contribution in [0.4, 0.5) is 5.69 Å². The Kier molecular flexibility index (Phi) is 8.20. The van der Waals surface area contributed by atoms with Gasteiger partial charge in [0.05, 0.1) is 6.04 Å². The number of nitrogens with two attached hydrogens (primary N) is 1. The van der Waals surface area contributed by atoms with Gasteiger partial charge >= 0.3 is 0 Å². The largest absolute Gasteiger partial charge is 0.481 e. The van der Waals surface area contributed by atoms with Crippen molar-refractivity contribution in [3.8, 4) is 0 Å². The van der Waals surface area contributed by atoms with Gasteiger partial charge in [-0.3, -0.25) is 9.59 Å². The van der Waals surface area contributed by atoms with Crippen LogP contribution in [0.25, 0.3) is 0 Å². The Hall–Kier alpha value is -1.88. The number of para-hydroxylation sites is 1. The highest BCUT2D eigenvalue weighted by Crippen LogP contribution is 2.08. The SMILES string of the molecule is CC(=O)O.CC(C)C[C@H](N)C(=O)Nc1ccccc1. The highest BCUT2D eigenvalue weighted by atomic mass is 16.4. The van der Waals surface area contributed by atoms with E-state index in [0.29, 0.717) is 12.3 Å². The number of amides is 1. The predicted molar refractivity (Wildman–Crippen MR) is 75.8 cm³/mol. The molecule has 106 valence electrons. The van der Waals surface area contributed by atoms with Gasteiger partial charge < -0.3 is 16.2 Å². The van der Waals surface area contributed by atoms with Crippen molar-refractivity contribution in [3.63, 3.8) is 0 Å². The van der Waals surface area contributed by atoms with Gasteiger partial charge in [-0.2, -0.15) is 0 Å². The minimum atomic E-state index is -0.833. The van der Waals surface area contributed by atoms with Crippen LogP contribution in [0.5, 0.6) is 0 Å². The maximum Gasteiger partial charge on any atom is 0.300 e. The molecular formula is C14H22N2O3. The number of hydrogen-bond donors (Lipinski definition) is 3. The fourth-order valence-electron chi connectivity index (χ4n) is 1.37. The smallest absolute Gasteiger partial charge is 0.300 e. The molecule has 0 aromatic heterocycles. The van der Waals surface area contributed by atoms with E-state index in [4.69, 9.17) is 15.6 Å². The first kappa shape index (κ1) is 17.1. The Bertz CT molecular complexity index is 387. The minimum Gasteiger partial charge on any atom is -0.481 e. The van der Waals surface area contributed by atoms with Crippen molar-refractivity contribution >= 4 is 17.6 Å². The lowest BCUT2D eigenvalue weighted by atomic mass is 10.0. The third-order valence-electron chi connectivity index (χ3n) is 2.10. The number of carbonyl (C=O) groups excluding carboxylic acids is 1. The highest BCUT2D eigenvalue weighted by molar-refractivity contribution is 5.94. The van der Waals surface area contributed by atoms with E-state index in [0.717, 1.165) is 12.6 Å². The standard InChI is InChI=1S/C12H18N2O.C2H4O2/c1-9(2)8-11(13)12(15)14-10-6-4-3-5-7-10;1-2(3)4/h3-7,9,11H,8,13H2,1-2H3,(H,14,15);1H3,(H,3,4)/t11-;/m0./s1. The van der Waals surface area contributed by atoms with Crippen LogP contribution in [0.1, 0.15) is 27.2 Å². The Labute approximate surface area is 113 Å². The molecule has 5 nitrogen and oxygen atoms in total. The molecule has 5 heteroatoms. The normalized spacial score (nSPS) is 11.2. The number of rotatable bonds is 4. The molecule has 0 saturated heterocycles. The van der Waals surface area contributed by atoms with Gasteiger partial charge in [-0.1, -0.05) is 32.0 Å². The molecule has 0 aliphatic heterocycles. The first-order chi connectivity index (χ1) is 8.82. The summed E-state index contributed by atoms with van der Waals surface area (Å²) < 4.78 is 0. The van der Waals surface area contributed by atoms with Crippen molar-refractivity contribution in [2.75, 3.05) is 5.32 Å². The molecule has 0 spiro atoms. The van der Waals surface area contributed by atoms with Crippen LogP contribution in [0, 0.1) is 5.92 Å². The minimum absolute atomic E-state index is 0.116. The summed E-state index contributed by atoms with van der Waals surface area (Å²) in [6.45, 7) is 5.19. The zero-order valence-electron chi connectivity index (χ0n) is 11.6. The summed E-state index contributed by atoms with van der Waals surface area (Å²) in [6.07, 6.45) is 0.707. The van der Waals surface area contributed by atoms with Gasteiger partial charge in [0.15, 0.2) is 0 Å². The number of carboxylic acid groups (broad SMARTS) is 1. The second-order valence-electron chi connectivity index (χ2n) is 4.61. The number of carboxylic acids is 1. The van der Waals surface area contributed by atoms with Crippen LogP contribution in [-0.4, -0.2) is 23.0 Å². The molecular weight excluding hydrogens is 244 g/mol. The van der Waals surface area contributed by atoms with Gasteiger partial charge in [0.1, 0.15) is 0 Å². The molecule has 19 heavy (non-hydrogen) atoms. The molecule has 0 radical (unpaired) electrons. The van der Waals surface area contributed by atoms with Crippen LogP contribution >= 0.6 is 0 Å². The molecule has 1 aromatic carbocycles. The summed E-state index contributed by atoms with van der Waals surface area (Å²) in [5.74, 6) is -0.517. The fraction of sp³-hybridized carbons (Fsp3) is 0.429. The average Bonchev–Trinajstić information content (AvgIpc) is 2.28. The number of anilines is 1. The van der Waals surface area contributed by atoms with Crippen molar-refractivity contribution in [2.24, 2.45) is 11.7 Å². The molecule has 1 aromatic rings. The van der Waals surface area contributed by atoms with E-state index in [2.05, 4.69) is 19.2 Å². The number of aliphatic carboxylic acids is 1. The summed E-state index contributed by atoms with van der Waals surface area (Å²) in [5.41, 5.74) is 6.55. The van der Waals surface area contributed by atoms with E-state index in [1.807, 2.05) is 30.3 Å². The van der Waals surface area contributed by atoms with Crippen molar-refractivity contribution in [2.45, 2.75) is 33.2 Å². The number of benzene rings is 1. The molecule has 0 unspecified atom stereocenters. The average molecular weight is 266 g/mol. The second-order valence-corrected chi connectivity index (χ2v) is 4.61.